The van der Waals surface area contributed by atoms with Gasteiger partial charge in [-0.25, -0.2) is 8.42 Å². The minimum absolute atomic E-state index is 0.242. The number of nitrogens with one attached hydrogen (secondary N) is 1. The SMILES string of the molecule is CO[C@@H]1C(C(=O)NCC[N+](C)(C)CCCS(=O)(=O)[O-])O[C@@H](C)C(O)[C@H]1O. The molecule has 1 fully saturated rings. The summed E-state index contributed by atoms with van der Waals surface area (Å²) in [6.45, 7) is 2.83. The molecule has 1 aliphatic rings. The maximum Gasteiger partial charge on any atom is 0.252 e. The molecule has 1 saturated heterocycles. The van der Waals surface area contributed by atoms with Gasteiger partial charge in [0, 0.05) is 19.3 Å². The van der Waals surface area contributed by atoms with Crippen molar-refractivity contribution < 1.29 is 41.9 Å². The molecule has 10 nitrogen and oxygen atoms in total. The number of hydrogen-bond donors (Lipinski definition) is 3. The highest BCUT2D eigenvalue weighted by atomic mass is 32.2. The van der Waals surface area contributed by atoms with Crippen LogP contribution in [-0.4, -0.2) is 111 Å². The van der Waals surface area contributed by atoms with E-state index in [1.807, 2.05) is 14.1 Å². The molecule has 0 aromatic rings. The topological polar surface area (TPSA) is 145 Å². The van der Waals surface area contributed by atoms with E-state index in [0.29, 0.717) is 24.1 Å². The Kier molecular flexibility index (Phi) is 8.39. The van der Waals surface area contributed by atoms with E-state index in [-0.39, 0.29) is 6.42 Å². The first kappa shape index (κ1) is 23.2. The molecule has 1 rings (SSSR count). The fourth-order valence-electron chi connectivity index (χ4n) is 2.88. The second-order valence-corrected chi connectivity index (χ2v) is 8.76. The normalized spacial score (nSPS) is 30.2. The van der Waals surface area contributed by atoms with Gasteiger partial charge in [-0.1, -0.05) is 0 Å². The van der Waals surface area contributed by atoms with Crippen LogP contribution in [0.25, 0.3) is 0 Å². The zero-order valence-corrected chi connectivity index (χ0v) is 16.4. The number of amides is 1. The fraction of sp³-hybridized carbons (Fsp3) is 0.933. The fourth-order valence-corrected chi connectivity index (χ4v) is 3.36. The van der Waals surface area contributed by atoms with Crippen molar-refractivity contribution >= 4 is 16.0 Å². The Balaban J connectivity index is 2.49. The van der Waals surface area contributed by atoms with E-state index in [2.05, 4.69) is 5.32 Å². The molecule has 1 heterocycles. The zero-order valence-electron chi connectivity index (χ0n) is 15.6. The maximum absolute atomic E-state index is 12.4. The first-order valence-electron chi connectivity index (χ1n) is 8.45. The number of ether oxygens (including phenoxy) is 2. The lowest BCUT2D eigenvalue weighted by atomic mass is 9.95. The molecule has 5 atom stereocenters. The Morgan fingerprint density at radius 1 is 1.27 bits per heavy atom. The van der Waals surface area contributed by atoms with Gasteiger partial charge in [0.05, 0.1) is 50.0 Å². The van der Waals surface area contributed by atoms with Crippen LogP contribution < -0.4 is 5.32 Å². The molecule has 1 aliphatic heterocycles. The minimum Gasteiger partial charge on any atom is -0.748 e. The van der Waals surface area contributed by atoms with E-state index in [1.165, 1.54) is 7.11 Å². The van der Waals surface area contributed by atoms with Gasteiger partial charge in [-0.05, 0) is 6.92 Å². The van der Waals surface area contributed by atoms with Crippen molar-refractivity contribution in [3.63, 3.8) is 0 Å². The van der Waals surface area contributed by atoms with Gasteiger partial charge < -0.3 is 34.0 Å². The third-order valence-corrected chi connectivity index (χ3v) is 5.32. The third kappa shape index (κ3) is 7.06. The highest BCUT2D eigenvalue weighted by molar-refractivity contribution is 7.85. The Bertz CT molecular complexity index is 568. The summed E-state index contributed by atoms with van der Waals surface area (Å²) in [6, 6.07) is 0. The first-order valence-corrected chi connectivity index (χ1v) is 10.0. The van der Waals surface area contributed by atoms with Gasteiger partial charge >= 0.3 is 0 Å². The number of aliphatic hydroxyl groups is 2. The van der Waals surface area contributed by atoms with E-state index in [1.54, 1.807) is 6.92 Å². The van der Waals surface area contributed by atoms with E-state index >= 15 is 0 Å². The van der Waals surface area contributed by atoms with Gasteiger partial charge in [-0.15, -0.1) is 0 Å². The predicted molar refractivity (Wildman–Crippen MR) is 91.2 cm³/mol. The first-order chi connectivity index (χ1) is 11.9. The lowest BCUT2D eigenvalue weighted by Crippen LogP contribution is -2.61. The minimum atomic E-state index is -4.22. The van der Waals surface area contributed by atoms with E-state index in [0.717, 1.165) is 0 Å². The van der Waals surface area contributed by atoms with Crippen molar-refractivity contribution in [2.45, 2.75) is 43.9 Å². The Labute approximate surface area is 154 Å². The molecule has 154 valence electrons. The third-order valence-electron chi connectivity index (χ3n) is 4.53. The largest absolute Gasteiger partial charge is 0.748 e. The quantitative estimate of drug-likeness (QED) is 0.289. The number of carbonyl (C=O) groups is 1. The van der Waals surface area contributed by atoms with Gasteiger partial charge in [0.15, 0.2) is 6.10 Å². The van der Waals surface area contributed by atoms with Crippen LogP contribution in [0.5, 0.6) is 0 Å². The van der Waals surface area contributed by atoms with Crippen LogP contribution in [0.2, 0.25) is 0 Å². The summed E-state index contributed by atoms with van der Waals surface area (Å²) in [4.78, 5) is 12.4. The average Bonchev–Trinajstić information content (AvgIpc) is 2.50. The molecular formula is C15H30N2O8S. The average molecular weight is 398 g/mol. The molecule has 2 unspecified atom stereocenters. The number of aliphatic hydroxyl groups excluding tert-OH is 2. The predicted octanol–water partition coefficient (Wildman–Crippen LogP) is -2.36. The number of nitrogens with zero attached hydrogens (tertiary/aromatic N) is 1. The zero-order chi connectivity index (χ0) is 20.1. The number of methoxy groups -OCH3 is 1. The molecule has 0 bridgehead atoms. The maximum atomic E-state index is 12.4. The van der Waals surface area contributed by atoms with Gasteiger partial charge in [-0.3, -0.25) is 4.79 Å². The molecule has 3 N–H and O–H groups in total. The summed E-state index contributed by atoms with van der Waals surface area (Å²) in [5.74, 6) is -0.873. The number of quaternary nitrogens is 1. The lowest BCUT2D eigenvalue weighted by molar-refractivity contribution is -0.889. The van der Waals surface area contributed by atoms with E-state index in [9.17, 15) is 28.0 Å². The Morgan fingerprint density at radius 2 is 1.88 bits per heavy atom. The van der Waals surface area contributed by atoms with Crippen LogP contribution in [0, 0.1) is 0 Å². The Morgan fingerprint density at radius 3 is 2.42 bits per heavy atom. The van der Waals surface area contributed by atoms with E-state index < -0.39 is 52.3 Å². The summed E-state index contributed by atoms with van der Waals surface area (Å²) < 4.78 is 42.9. The van der Waals surface area contributed by atoms with Crippen LogP contribution in [0.15, 0.2) is 0 Å². The molecule has 0 aromatic heterocycles. The van der Waals surface area contributed by atoms with Crippen LogP contribution in [0.4, 0.5) is 0 Å². The summed E-state index contributed by atoms with van der Waals surface area (Å²) >= 11 is 0. The van der Waals surface area contributed by atoms with Crippen molar-refractivity contribution in [3.8, 4) is 0 Å². The Hall–Kier alpha value is -0.820. The van der Waals surface area contributed by atoms with Crippen LogP contribution in [-0.2, 0) is 24.4 Å². The monoisotopic (exact) mass is 398 g/mol. The molecule has 26 heavy (non-hydrogen) atoms. The van der Waals surface area contributed by atoms with Crippen LogP contribution >= 0.6 is 0 Å². The van der Waals surface area contributed by atoms with E-state index in [4.69, 9.17) is 9.47 Å². The molecule has 0 aromatic carbocycles. The summed E-state index contributed by atoms with van der Waals surface area (Å²) in [6.07, 6.45) is -4.88. The smallest absolute Gasteiger partial charge is 0.252 e. The molecule has 0 saturated carbocycles. The summed E-state index contributed by atoms with van der Waals surface area (Å²) in [5.41, 5.74) is 0. The lowest BCUT2D eigenvalue weighted by Gasteiger charge is -2.40. The van der Waals surface area contributed by atoms with Crippen molar-refractivity contribution in [3.05, 3.63) is 0 Å². The van der Waals surface area contributed by atoms with Gasteiger partial charge in [0.2, 0.25) is 0 Å². The molecule has 0 spiro atoms. The second-order valence-electron chi connectivity index (χ2n) is 7.23. The van der Waals surface area contributed by atoms with Crippen molar-refractivity contribution in [2.24, 2.45) is 0 Å². The van der Waals surface area contributed by atoms with Gasteiger partial charge in [-0.2, -0.15) is 0 Å². The number of rotatable bonds is 9. The van der Waals surface area contributed by atoms with Crippen LogP contribution in [0.3, 0.4) is 0 Å². The standard InChI is InChI=1S/C15H30N2O8S/c1-10-11(18)12(19)13(24-4)14(25-10)15(20)16-6-8-17(2,3)7-5-9-26(21,22)23/h10-14,18-19H,5-9H2,1-4H3,(H-,16,20,21,22,23)/t10-,11?,12+,13-,14?/m0/s1. The van der Waals surface area contributed by atoms with Gasteiger partial charge in [0.25, 0.3) is 5.91 Å². The number of hydrogen-bond acceptors (Lipinski definition) is 8. The molecule has 0 radical (unpaired) electrons. The molecular weight excluding hydrogens is 368 g/mol. The van der Waals surface area contributed by atoms with Crippen LogP contribution in [0.1, 0.15) is 13.3 Å². The van der Waals surface area contributed by atoms with Crippen molar-refractivity contribution in [2.75, 3.05) is 46.6 Å². The summed E-state index contributed by atoms with van der Waals surface area (Å²) in [7, 11) is 0.824. The molecule has 11 heteroatoms. The highest BCUT2D eigenvalue weighted by Crippen LogP contribution is 2.23. The number of likely N-dealkylation sites (N-methyl/N-ethyl adjacent to an activating group) is 1. The second kappa shape index (κ2) is 9.40. The summed E-state index contributed by atoms with van der Waals surface area (Å²) in [5, 5.41) is 22.6. The highest BCUT2D eigenvalue weighted by Gasteiger charge is 2.46. The molecule has 0 aliphatic carbocycles. The van der Waals surface area contributed by atoms with Gasteiger partial charge in [0.1, 0.15) is 18.3 Å². The number of carbonyl (C=O) groups excluding carboxylic acids is 1. The van der Waals surface area contributed by atoms with Crippen molar-refractivity contribution in [1.29, 1.82) is 0 Å². The molecule has 1 amide bonds. The van der Waals surface area contributed by atoms with Crippen molar-refractivity contribution in [1.82, 2.24) is 5.32 Å².